The van der Waals surface area contributed by atoms with E-state index in [0.717, 1.165) is 31.6 Å². The molecule has 0 aliphatic carbocycles. The molecule has 0 bridgehead atoms. The van der Waals surface area contributed by atoms with Gasteiger partial charge in [0.05, 0.1) is 26.9 Å². The minimum Gasteiger partial charge on any atom is -0.464 e. The van der Waals surface area contributed by atoms with Gasteiger partial charge in [-0.25, -0.2) is 9.59 Å². The van der Waals surface area contributed by atoms with Crippen LogP contribution in [0.2, 0.25) is 0 Å². The standard InChI is InChI=1S/C23H35BrN4O5.BH3/c1-5-32-21(30)19(15-26-22(31)33-23(2,3)4)28(20(29)14-24)16-17-8-12-27(13-9-17)18-6-10-25-11-7-18;/h6-7,10-11,17,19H,5,8-9,12-16H2,1-4H3,(H,26,31);1H3/t19-;/m1./s1. The van der Waals surface area contributed by atoms with Gasteiger partial charge in [0, 0.05) is 37.7 Å². The molecule has 0 radical (unpaired) electrons. The van der Waals surface area contributed by atoms with Crippen molar-refractivity contribution in [3.8, 4) is 0 Å². The molecular formula is C23H38BBrN4O5. The number of alkyl halides is 1. The number of alkyl carbamates (subject to hydrolysis) is 1. The van der Waals surface area contributed by atoms with E-state index >= 15 is 0 Å². The van der Waals surface area contributed by atoms with E-state index in [0.29, 0.717) is 6.54 Å². The van der Waals surface area contributed by atoms with E-state index in [2.05, 4.69) is 31.1 Å². The fourth-order valence-corrected chi connectivity index (χ4v) is 4.06. The van der Waals surface area contributed by atoms with Gasteiger partial charge in [-0.2, -0.15) is 0 Å². The Hall–Kier alpha value is -2.30. The molecule has 1 N–H and O–H groups in total. The van der Waals surface area contributed by atoms with Gasteiger partial charge in [-0.05, 0) is 58.6 Å². The quantitative estimate of drug-likeness (QED) is 0.289. The molecular weight excluding hydrogens is 503 g/mol. The van der Waals surface area contributed by atoms with Crippen LogP contribution in [0, 0.1) is 5.92 Å². The lowest BCUT2D eigenvalue weighted by molar-refractivity contribution is -0.154. The second-order valence-corrected chi connectivity index (χ2v) is 9.53. The molecule has 1 fully saturated rings. The molecule has 34 heavy (non-hydrogen) atoms. The number of pyridine rings is 1. The summed E-state index contributed by atoms with van der Waals surface area (Å²) in [5.41, 5.74) is 0.459. The Labute approximate surface area is 212 Å². The van der Waals surface area contributed by atoms with E-state index < -0.39 is 23.7 Å². The van der Waals surface area contributed by atoms with Crippen molar-refractivity contribution in [1.82, 2.24) is 15.2 Å². The van der Waals surface area contributed by atoms with E-state index in [9.17, 15) is 14.4 Å². The van der Waals surface area contributed by atoms with E-state index in [4.69, 9.17) is 9.47 Å². The van der Waals surface area contributed by atoms with Crippen LogP contribution in [0.15, 0.2) is 24.5 Å². The van der Waals surface area contributed by atoms with Gasteiger partial charge in [0.2, 0.25) is 5.91 Å². The molecule has 9 nitrogen and oxygen atoms in total. The van der Waals surface area contributed by atoms with Crippen molar-refractivity contribution in [3.05, 3.63) is 24.5 Å². The molecule has 0 aromatic carbocycles. The SMILES string of the molecule is B.CCOC(=O)[C@@H](CNC(=O)OC(C)(C)C)N(CC1CCN(c2ccncc2)CC1)C(=O)CBr. The Morgan fingerprint density at radius 1 is 1.24 bits per heavy atom. The molecule has 1 atom stereocenters. The summed E-state index contributed by atoms with van der Waals surface area (Å²) in [5.74, 6) is -0.544. The number of hydrogen-bond acceptors (Lipinski definition) is 7. The third-order valence-electron chi connectivity index (χ3n) is 5.31. The third-order valence-corrected chi connectivity index (χ3v) is 5.79. The highest BCUT2D eigenvalue weighted by Gasteiger charge is 2.34. The summed E-state index contributed by atoms with van der Waals surface area (Å²) in [6.07, 6.45) is 4.67. The van der Waals surface area contributed by atoms with Crippen molar-refractivity contribution in [3.63, 3.8) is 0 Å². The first-order valence-corrected chi connectivity index (χ1v) is 12.4. The van der Waals surface area contributed by atoms with Crippen LogP contribution in [0.3, 0.4) is 0 Å². The number of hydrogen-bond donors (Lipinski definition) is 1. The van der Waals surface area contributed by atoms with Crippen LogP contribution in [-0.4, -0.2) is 86.0 Å². The summed E-state index contributed by atoms with van der Waals surface area (Å²) in [7, 11) is 0. The van der Waals surface area contributed by atoms with Gasteiger partial charge in [-0.15, -0.1) is 0 Å². The summed E-state index contributed by atoms with van der Waals surface area (Å²) >= 11 is 3.23. The fourth-order valence-electron chi connectivity index (χ4n) is 3.74. The normalized spacial score (nSPS) is 15.0. The number of esters is 1. The molecule has 0 unspecified atom stereocenters. The smallest absolute Gasteiger partial charge is 0.407 e. The summed E-state index contributed by atoms with van der Waals surface area (Å²) < 4.78 is 10.5. The number of amides is 2. The molecule has 0 spiro atoms. The summed E-state index contributed by atoms with van der Waals surface area (Å²) in [4.78, 5) is 45.6. The second-order valence-electron chi connectivity index (χ2n) is 8.97. The number of rotatable bonds is 9. The van der Waals surface area contributed by atoms with Crippen LogP contribution in [0.1, 0.15) is 40.5 Å². The van der Waals surface area contributed by atoms with Crippen LogP contribution in [0.5, 0.6) is 0 Å². The van der Waals surface area contributed by atoms with Crippen molar-refractivity contribution >= 4 is 48.0 Å². The van der Waals surface area contributed by atoms with Gasteiger partial charge in [0.25, 0.3) is 0 Å². The molecule has 190 valence electrons. The Morgan fingerprint density at radius 2 is 1.85 bits per heavy atom. The van der Waals surface area contributed by atoms with Gasteiger partial charge in [-0.3, -0.25) is 9.78 Å². The van der Waals surface area contributed by atoms with Crippen LogP contribution in [-0.2, 0) is 19.1 Å². The minimum absolute atomic E-state index is 0. The zero-order valence-corrected chi connectivity index (χ0v) is 21.5. The molecule has 11 heteroatoms. The number of halogens is 1. The zero-order chi connectivity index (χ0) is 24.4. The van der Waals surface area contributed by atoms with Gasteiger partial charge in [0.15, 0.2) is 0 Å². The number of nitrogens with zero attached hydrogens (tertiary/aromatic N) is 3. The highest BCUT2D eigenvalue weighted by Crippen LogP contribution is 2.24. The summed E-state index contributed by atoms with van der Waals surface area (Å²) in [6.45, 7) is 9.20. The van der Waals surface area contributed by atoms with E-state index in [1.54, 1.807) is 40.1 Å². The molecule has 1 aromatic heterocycles. The predicted molar refractivity (Wildman–Crippen MR) is 139 cm³/mol. The van der Waals surface area contributed by atoms with Gasteiger partial charge >= 0.3 is 12.1 Å². The lowest BCUT2D eigenvalue weighted by atomic mass is 9.95. The summed E-state index contributed by atoms with van der Waals surface area (Å²) in [6, 6.07) is 3.04. The van der Waals surface area contributed by atoms with Crippen LogP contribution in [0.4, 0.5) is 10.5 Å². The molecule has 0 saturated carbocycles. The van der Waals surface area contributed by atoms with Crippen LogP contribution >= 0.6 is 15.9 Å². The van der Waals surface area contributed by atoms with Crippen LogP contribution in [0.25, 0.3) is 0 Å². The lowest BCUT2D eigenvalue weighted by Gasteiger charge is -2.38. The number of nitrogens with one attached hydrogen (secondary N) is 1. The highest BCUT2D eigenvalue weighted by atomic mass is 79.9. The number of piperidine rings is 1. The number of ether oxygens (including phenoxy) is 2. The minimum atomic E-state index is -0.930. The Bertz CT molecular complexity index is 785. The van der Waals surface area contributed by atoms with Crippen molar-refractivity contribution in [2.24, 2.45) is 5.92 Å². The topological polar surface area (TPSA) is 101 Å². The number of aromatic nitrogens is 1. The largest absolute Gasteiger partial charge is 0.464 e. The molecule has 1 aromatic rings. The molecule has 2 rings (SSSR count). The van der Waals surface area contributed by atoms with E-state index in [1.165, 1.54) is 4.90 Å². The van der Waals surface area contributed by atoms with Gasteiger partial charge < -0.3 is 24.6 Å². The van der Waals surface area contributed by atoms with Crippen molar-refractivity contribution in [2.75, 3.05) is 43.0 Å². The number of anilines is 1. The highest BCUT2D eigenvalue weighted by molar-refractivity contribution is 9.09. The first kappa shape index (κ1) is 29.7. The third kappa shape index (κ3) is 9.52. The van der Waals surface area contributed by atoms with E-state index in [1.807, 2.05) is 12.1 Å². The lowest BCUT2D eigenvalue weighted by Crippen LogP contribution is -2.54. The monoisotopic (exact) mass is 540 g/mol. The molecule has 1 saturated heterocycles. The number of carbonyl (C=O) groups excluding carboxylic acids is 3. The molecule has 2 heterocycles. The maximum atomic E-state index is 12.8. The van der Waals surface area contributed by atoms with Gasteiger partial charge in [-0.1, -0.05) is 15.9 Å². The maximum Gasteiger partial charge on any atom is 0.407 e. The first-order valence-electron chi connectivity index (χ1n) is 11.3. The Morgan fingerprint density at radius 3 is 2.38 bits per heavy atom. The first-order chi connectivity index (χ1) is 15.6. The van der Waals surface area contributed by atoms with Crippen molar-refractivity contribution in [1.29, 1.82) is 0 Å². The maximum absolute atomic E-state index is 12.8. The van der Waals surface area contributed by atoms with Crippen molar-refractivity contribution in [2.45, 2.75) is 52.2 Å². The predicted octanol–water partition coefficient (Wildman–Crippen LogP) is 1.79. The van der Waals surface area contributed by atoms with Crippen LogP contribution < -0.4 is 10.2 Å². The molecule has 1 aliphatic heterocycles. The molecule has 1 aliphatic rings. The second kappa shape index (κ2) is 14.2. The Kier molecular flexibility index (Phi) is 12.4. The fraction of sp³-hybridized carbons (Fsp3) is 0.652. The average Bonchev–Trinajstić information content (AvgIpc) is 2.78. The van der Waals surface area contributed by atoms with E-state index in [-0.39, 0.29) is 38.7 Å². The molecule has 2 amide bonds. The number of carbonyl (C=O) groups is 3. The zero-order valence-electron chi connectivity index (χ0n) is 19.9. The van der Waals surface area contributed by atoms with Gasteiger partial charge in [0.1, 0.15) is 11.6 Å². The Balaban J connectivity index is 0.00000578. The van der Waals surface area contributed by atoms with Crippen molar-refractivity contribution < 1.29 is 23.9 Å². The summed E-state index contributed by atoms with van der Waals surface area (Å²) in [5, 5.41) is 2.69. The average molecular weight is 541 g/mol.